The molecule has 0 radical (unpaired) electrons. The van der Waals surface area contributed by atoms with Crippen molar-refractivity contribution in [1.29, 1.82) is 0 Å². The standard InChI is InChI=1S/C14H19N3O2/c1-2-14-16-12-7-10(15)3-4-13(12)17(14)8-11-9-18-5-6-19-11/h3-4,7,11H,2,5-6,8-9,15H2,1H3. The predicted octanol–water partition coefficient (Wildman–Crippen LogP) is 1.60. The molecule has 1 unspecified atom stereocenters. The Hall–Kier alpha value is -1.59. The van der Waals surface area contributed by atoms with Crippen molar-refractivity contribution in [1.82, 2.24) is 9.55 Å². The Morgan fingerprint density at radius 2 is 2.32 bits per heavy atom. The van der Waals surface area contributed by atoms with Crippen LogP contribution >= 0.6 is 0 Å². The van der Waals surface area contributed by atoms with E-state index >= 15 is 0 Å². The molecule has 1 fully saturated rings. The zero-order valence-corrected chi connectivity index (χ0v) is 11.1. The van der Waals surface area contributed by atoms with Gasteiger partial charge in [0, 0.05) is 12.1 Å². The van der Waals surface area contributed by atoms with Crippen molar-refractivity contribution in [2.75, 3.05) is 25.6 Å². The number of fused-ring (bicyclic) bond motifs is 1. The van der Waals surface area contributed by atoms with E-state index in [-0.39, 0.29) is 6.10 Å². The number of anilines is 1. The first kappa shape index (κ1) is 12.4. The second-order valence-corrected chi connectivity index (χ2v) is 4.81. The summed E-state index contributed by atoms with van der Waals surface area (Å²) in [6.07, 6.45) is 0.997. The molecule has 0 aliphatic carbocycles. The average molecular weight is 261 g/mol. The summed E-state index contributed by atoms with van der Waals surface area (Å²) in [5.74, 6) is 1.06. The van der Waals surface area contributed by atoms with Crippen molar-refractivity contribution in [3.63, 3.8) is 0 Å². The number of imidazole rings is 1. The molecule has 1 aromatic heterocycles. The predicted molar refractivity (Wildman–Crippen MR) is 74.1 cm³/mol. The van der Waals surface area contributed by atoms with Gasteiger partial charge in [-0.05, 0) is 18.2 Å². The van der Waals surface area contributed by atoms with Crippen molar-refractivity contribution in [2.45, 2.75) is 26.0 Å². The highest BCUT2D eigenvalue weighted by Gasteiger charge is 2.18. The van der Waals surface area contributed by atoms with Crippen LogP contribution in [0.4, 0.5) is 5.69 Å². The molecule has 1 atom stereocenters. The fourth-order valence-corrected chi connectivity index (χ4v) is 2.52. The van der Waals surface area contributed by atoms with Crippen LogP contribution in [0.25, 0.3) is 11.0 Å². The molecule has 0 amide bonds. The summed E-state index contributed by atoms with van der Waals surface area (Å²) in [5, 5.41) is 0. The molecule has 1 aliphatic heterocycles. The van der Waals surface area contributed by atoms with Crippen LogP contribution in [-0.4, -0.2) is 35.5 Å². The molecule has 5 heteroatoms. The Balaban J connectivity index is 1.95. The van der Waals surface area contributed by atoms with E-state index in [1.165, 1.54) is 0 Å². The normalized spacial score (nSPS) is 19.9. The third-order valence-electron chi connectivity index (χ3n) is 3.44. The monoisotopic (exact) mass is 261 g/mol. The minimum Gasteiger partial charge on any atom is -0.399 e. The van der Waals surface area contributed by atoms with Gasteiger partial charge in [-0.2, -0.15) is 0 Å². The van der Waals surface area contributed by atoms with Crippen molar-refractivity contribution in [2.24, 2.45) is 0 Å². The largest absolute Gasteiger partial charge is 0.399 e. The number of hydrogen-bond acceptors (Lipinski definition) is 4. The highest BCUT2D eigenvalue weighted by Crippen LogP contribution is 2.20. The molecule has 2 N–H and O–H groups in total. The van der Waals surface area contributed by atoms with Crippen LogP contribution in [0.15, 0.2) is 18.2 Å². The summed E-state index contributed by atoms with van der Waals surface area (Å²) in [7, 11) is 0. The zero-order chi connectivity index (χ0) is 13.2. The first-order valence-electron chi connectivity index (χ1n) is 6.72. The maximum atomic E-state index is 5.81. The van der Waals surface area contributed by atoms with E-state index in [4.69, 9.17) is 15.2 Å². The number of nitrogens with two attached hydrogens (primary N) is 1. The summed E-state index contributed by atoms with van der Waals surface area (Å²) >= 11 is 0. The van der Waals surface area contributed by atoms with Crippen molar-refractivity contribution < 1.29 is 9.47 Å². The lowest BCUT2D eigenvalue weighted by atomic mass is 10.2. The lowest BCUT2D eigenvalue weighted by Gasteiger charge is -2.24. The van der Waals surface area contributed by atoms with E-state index in [1.807, 2.05) is 18.2 Å². The molecule has 0 bridgehead atoms. The molecule has 0 spiro atoms. The van der Waals surface area contributed by atoms with E-state index in [9.17, 15) is 0 Å². The van der Waals surface area contributed by atoms with Crippen LogP contribution in [0.1, 0.15) is 12.7 Å². The molecule has 19 heavy (non-hydrogen) atoms. The summed E-state index contributed by atoms with van der Waals surface area (Å²) in [6, 6.07) is 5.86. The number of nitrogen functional groups attached to an aromatic ring is 1. The first-order valence-corrected chi connectivity index (χ1v) is 6.72. The first-order chi connectivity index (χ1) is 9.28. The van der Waals surface area contributed by atoms with E-state index in [1.54, 1.807) is 0 Å². The summed E-state index contributed by atoms with van der Waals surface area (Å²) in [6.45, 7) is 4.91. The Kier molecular flexibility index (Phi) is 3.40. The van der Waals surface area contributed by atoms with E-state index in [0.717, 1.165) is 35.5 Å². The minimum atomic E-state index is 0.106. The van der Waals surface area contributed by atoms with Crippen LogP contribution in [0, 0.1) is 0 Å². The summed E-state index contributed by atoms with van der Waals surface area (Å²) in [5.41, 5.74) is 8.63. The fraction of sp³-hybridized carbons (Fsp3) is 0.500. The van der Waals surface area contributed by atoms with Gasteiger partial charge in [0.25, 0.3) is 0 Å². The van der Waals surface area contributed by atoms with E-state index in [0.29, 0.717) is 19.8 Å². The number of aromatic nitrogens is 2. The smallest absolute Gasteiger partial charge is 0.109 e. The number of benzene rings is 1. The lowest BCUT2D eigenvalue weighted by Crippen LogP contribution is -2.32. The van der Waals surface area contributed by atoms with Crippen LogP contribution in [0.5, 0.6) is 0 Å². The molecule has 1 aliphatic rings. The highest BCUT2D eigenvalue weighted by atomic mass is 16.6. The van der Waals surface area contributed by atoms with Gasteiger partial charge in [0.05, 0.1) is 43.5 Å². The van der Waals surface area contributed by atoms with Gasteiger partial charge in [0.1, 0.15) is 5.82 Å². The van der Waals surface area contributed by atoms with Crippen LogP contribution in [0.3, 0.4) is 0 Å². The Morgan fingerprint density at radius 3 is 3.05 bits per heavy atom. The van der Waals surface area contributed by atoms with Gasteiger partial charge < -0.3 is 19.8 Å². The Bertz CT molecular complexity index is 573. The van der Waals surface area contributed by atoms with Gasteiger partial charge in [0.15, 0.2) is 0 Å². The van der Waals surface area contributed by atoms with Crippen molar-refractivity contribution in [3.8, 4) is 0 Å². The Morgan fingerprint density at radius 1 is 1.42 bits per heavy atom. The molecular formula is C14H19N3O2. The van der Waals surface area contributed by atoms with Gasteiger partial charge in [-0.15, -0.1) is 0 Å². The fourth-order valence-electron chi connectivity index (χ4n) is 2.52. The second kappa shape index (κ2) is 5.19. The molecule has 1 aromatic carbocycles. The minimum absolute atomic E-state index is 0.106. The average Bonchev–Trinajstić information content (AvgIpc) is 2.77. The highest BCUT2D eigenvalue weighted by molar-refractivity contribution is 5.79. The summed E-state index contributed by atoms with van der Waals surface area (Å²) < 4.78 is 13.4. The van der Waals surface area contributed by atoms with Crippen LogP contribution < -0.4 is 5.73 Å². The number of rotatable bonds is 3. The van der Waals surface area contributed by atoms with Gasteiger partial charge in [-0.25, -0.2) is 4.98 Å². The number of aryl methyl sites for hydroxylation is 1. The number of nitrogens with zero attached hydrogens (tertiary/aromatic N) is 2. The van der Waals surface area contributed by atoms with Gasteiger partial charge >= 0.3 is 0 Å². The van der Waals surface area contributed by atoms with Crippen LogP contribution in [0.2, 0.25) is 0 Å². The number of ether oxygens (including phenoxy) is 2. The third-order valence-corrected chi connectivity index (χ3v) is 3.44. The molecule has 3 rings (SSSR count). The van der Waals surface area contributed by atoms with Gasteiger partial charge in [0.2, 0.25) is 0 Å². The number of hydrogen-bond donors (Lipinski definition) is 1. The van der Waals surface area contributed by atoms with E-state index < -0.39 is 0 Å². The SMILES string of the molecule is CCc1nc2cc(N)ccc2n1CC1COCCO1. The summed E-state index contributed by atoms with van der Waals surface area (Å²) in [4.78, 5) is 4.64. The molecule has 1 saturated heterocycles. The molecule has 2 aromatic rings. The van der Waals surface area contributed by atoms with Crippen molar-refractivity contribution in [3.05, 3.63) is 24.0 Å². The molecular weight excluding hydrogens is 242 g/mol. The molecule has 0 saturated carbocycles. The molecule has 2 heterocycles. The topological polar surface area (TPSA) is 62.3 Å². The molecule has 102 valence electrons. The molecule has 5 nitrogen and oxygen atoms in total. The maximum Gasteiger partial charge on any atom is 0.109 e. The van der Waals surface area contributed by atoms with Crippen LogP contribution in [-0.2, 0) is 22.4 Å². The Labute approximate surface area is 112 Å². The van der Waals surface area contributed by atoms with Gasteiger partial charge in [-0.3, -0.25) is 0 Å². The maximum absolute atomic E-state index is 5.81. The lowest BCUT2D eigenvalue weighted by molar-refractivity contribution is -0.0934. The van der Waals surface area contributed by atoms with E-state index in [2.05, 4.69) is 16.5 Å². The zero-order valence-electron chi connectivity index (χ0n) is 11.1. The third kappa shape index (κ3) is 2.43. The van der Waals surface area contributed by atoms with Gasteiger partial charge in [-0.1, -0.05) is 6.92 Å². The second-order valence-electron chi connectivity index (χ2n) is 4.81. The quantitative estimate of drug-likeness (QED) is 0.852. The van der Waals surface area contributed by atoms with Crippen molar-refractivity contribution >= 4 is 16.7 Å².